The average Bonchev–Trinajstić information content (AvgIpc) is 2.94. The predicted molar refractivity (Wildman–Crippen MR) is 54.7 cm³/mol. The first-order valence-electron chi connectivity index (χ1n) is 5.24. The Hall–Kier alpha value is -1.36. The minimum Gasteiger partial charge on any atom is -0.477 e. The van der Waals surface area contributed by atoms with Crippen molar-refractivity contribution in [3.63, 3.8) is 0 Å². The molecule has 0 atom stereocenters. The molecule has 1 aromatic heterocycles. The Bertz CT molecular complexity index is 369. The lowest BCUT2D eigenvalue weighted by Crippen LogP contribution is -2.15. The fraction of sp³-hybridized carbons (Fsp3) is 0.600. The van der Waals surface area contributed by atoms with Crippen LogP contribution in [0.3, 0.4) is 0 Å². The highest BCUT2D eigenvalue weighted by atomic mass is 16.4. The molecule has 1 aliphatic rings. The van der Waals surface area contributed by atoms with Crippen molar-refractivity contribution < 1.29 is 9.90 Å². The Morgan fingerprint density at radius 2 is 2.47 bits per heavy atom. The van der Waals surface area contributed by atoms with Crippen molar-refractivity contribution in [1.82, 2.24) is 15.1 Å². The minimum absolute atomic E-state index is 0.269. The van der Waals surface area contributed by atoms with E-state index in [1.165, 1.54) is 17.5 Å². The normalized spacial score (nSPS) is 15.5. The van der Waals surface area contributed by atoms with Gasteiger partial charge in [0, 0.05) is 19.1 Å². The molecule has 5 heteroatoms. The van der Waals surface area contributed by atoms with Gasteiger partial charge >= 0.3 is 5.97 Å². The maximum atomic E-state index is 10.9. The molecule has 0 unspecified atom stereocenters. The third-order valence-corrected chi connectivity index (χ3v) is 2.50. The summed E-state index contributed by atoms with van der Waals surface area (Å²) in [4.78, 5) is 10.9. The summed E-state index contributed by atoms with van der Waals surface area (Å²) in [6.45, 7) is 3.14. The minimum atomic E-state index is -0.915. The van der Waals surface area contributed by atoms with Gasteiger partial charge in [0.05, 0.1) is 5.69 Å². The predicted octanol–water partition coefficient (Wildman–Crippen LogP) is 0.853. The van der Waals surface area contributed by atoms with Crippen molar-refractivity contribution in [3.8, 4) is 0 Å². The number of aromatic nitrogens is 2. The van der Waals surface area contributed by atoms with Crippen molar-refractivity contribution in [2.45, 2.75) is 38.9 Å². The van der Waals surface area contributed by atoms with E-state index in [0.717, 1.165) is 5.69 Å². The van der Waals surface area contributed by atoms with Gasteiger partial charge in [-0.3, -0.25) is 4.68 Å². The summed E-state index contributed by atoms with van der Waals surface area (Å²) in [5.74, 6) is -0.915. The Kier molecular flexibility index (Phi) is 2.73. The molecule has 0 amide bonds. The van der Waals surface area contributed by atoms with Gasteiger partial charge in [0.15, 0.2) is 0 Å². The van der Waals surface area contributed by atoms with E-state index in [4.69, 9.17) is 5.11 Å². The molecule has 1 aromatic rings. The zero-order valence-corrected chi connectivity index (χ0v) is 8.73. The Labute approximate surface area is 88.1 Å². The van der Waals surface area contributed by atoms with Crippen LogP contribution in [0.2, 0.25) is 0 Å². The van der Waals surface area contributed by atoms with Gasteiger partial charge in [-0.25, -0.2) is 4.79 Å². The fourth-order valence-electron chi connectivity index (χ4n) is 1.51. The number of nitrogens with zero attached hydrogens (tertiary/aromatic N) is 2. The van der Waals surface area contributed by atoms with Gasteiger partial charge in [-0.05, 0) is 25.8 Å². The number of aromatic carboxylic acids is 1. The zero-order valence-electron chi connectivity index (χ0n) is 8.73. The van der Waals surface area contributed by atoms with Gasteiger partial charge in [0.2, 0.25) is 0 Å². The van der Waals surface area contributed by atoms with Crippen molar-refractivity contribution in [2.24, 2.45) is 0 Å². The van der Waals surface area contributed by atoms with Crippen LogP contribution in [-0.4, -0.2) is 26.9 Å². The first-order valence-corrected chi connectivity index (χ1v) is 5.24. The lowest BCUT2D eigenvalue weighted by atomic mass is 10.3. The number of carboxylic acid groups (broad SMARTS) is 1. The van der Waals surface area contributed by atoms with Crippen molar-refractivity contribution in [1.29, 1.82) is 0 Å². The number of rotatable bonds is 5. The number of carboxylic acids is 1. The van der Waals surface area contributed by atoms with E-state index >= 15 is 0 Å². The Morgan fingerprint density at radius 3 is 2.93 bits per heavy atom. The first-order chi connectivity index (χ1) is 7.20. The number of aryl methyl sites for hydroxylation is 1. The molecule has 2 N–H and O–H groups in total. The van der Waals surface area contributed by atoms with Crippen LogP contribution in [0.4, 0.5) is 0 Å². The number of carbonyl (C=O) groups is 1. The van der Waals surface area contributed by atoms with E-state index in [1.807, 2.05) is 6.92 Å². The van der Waals surface area contributed by atoms with Crippen LogP contribution >= 0.6 is 0 Å². The standard InChI is InChI=1S/C10H15N3O2/c1-2-13-9(10(14)15)5-8(12-13)6-11-7-3-4-7/h5,7,11H,2-4,6H2,1H3,(H,14,15). The first kappa shape index (κ1) is 10.2. The van der Waals surface area contributed by atoms with Crippen molar-refractivity contribution in [3.05, 3.63) is 17.5 Å². The third kappa shape index (κ3) is 2.36. The molecule has 0 aromatic carbocycles. The van der Waals surface area contributed by atoms with Gasteiger partial charge in [-0.1, -0.05) is 0 Å². The molecule has 5 nitrogen and oxygen atoms in total. The monoisotopic (exact) mass is 209 g/mol. The average molecular weight is 209 g/mol. The Morgan fingerprint density at radius 1 is 1.73 bits per heavy atom. The molecule has 0 radical (unpaired) electrons. The third-order valence-electron chi connectivity index (χ3n) is 2.50. The van der Waals surface area contributed by atoms with Crippen molar-refractivity contribution >= 4 is 5.97 Å². The van der Waals surface area contributed by atoms with Gasteiger partial charge in [0.25, 0.3) is 0 Å². The molecule has 15 heavy (non-hydrogen) atoms. The summed E-state index contributed by atoms with van der Waals surface area (Å²) < 4.78 is 1.52. The smallest absolute Gasteiger partial charge is 0.354 e. The van der Waals surface area contributed by atoms with Crippen LogP contribution in [0, 0.1) is 0 Å². The summed E-state index contributed by atoms with van der Waals surface area (Å²) in [5, 5.41) is 16.4. The molecule has 0 bridgehead atoms. The largest absolute Gasteiger partial charge is 0.477 e. The fourth-order valence-corrected chi connectivity index (χ4v) is 1.51. The van der Waals surface area contributed by atoms with Gasteiger partial charge in [0.1, 0.15) is 5.69 Å². The molecule has 1 aliphatic carbocycles. The van der Waals surface area contributed by atoms with Gasteiger partial charge in [-0.15, -0.1) is 0 Å². The summed E-state index contributed by atoms with van der Waals surface area (Å²) in [6.07, 6.45) is 2.44. The highest BCUT2D eigenvalue weighted by Crippen LogP contribution is 2.19. The van der Waals surface area contributed by atoms with E-state index in [1.54, 1.807) is 6.07 Å². The summed E-state index contributed by atoms with van der Waals surface area (Å²) in [5.41, 5.74) is 1.08. The van der Waals surface area contributed by atoms with Crippen LogP contribution in [0.15, 0.2) is 6.07 Å². The molecule has 1 saturated carbocycles. The molecule has 2 rings (SSSR count). The molecule has 0 spiro atoms. The van der Waals surface area contributed by atoms with E-state index in [2.05, 4.69) is 10.4 Å². The van der Waals surface area contributed by atoms with E-state index in [9.17, 15) is 4.79 Å². The zero-order chi connectivity index (χ0) is 10.8. The highest BCUT2D eigenvalue weighted by molar-refractivity contribution is 5.85. The maximum Gasteiger partial charge on any atom is 0.354 e. The molecule has 0 aliphatic heterocycles. The number of nitrogens with one attached hydrogen (secondary N) is 1. The summed E-state index contributed by atoms with van der Waals surface area (Å²) in [7, 11) is 0. The van der Waals surface area contributed by atoms with E-state index in [0.29, 0.717) is 19.1 Å². The van der Waals surface area contributed by atoms with Crippen LogP contribution in [0.25, 0.3) is 0 Å². The number of hydrogen-bond acceptors (Lipinski definition) is 3. The topological polar surface area (TPSA) is 67.2 Å². The maximum absolute atomic E-state index is 10.9. The lowest BCUT2D eigenvalue weighted by Gasteiger charge is -1.98. The molecular weight excluding hydrogens is 194 g/mol. The van der Waals surface area contributed by atoms with Crippen LogP contribution < -0.4 is 5.32 Å². The van der Waals surface area contributed by atoms with Gasteiger partial charge in [-0.2, -0.15) is 5.10 Å². The second-order valence-corrected chi connectivity index (χ2v) is 3.80. The van der Waals surface area contributed by atoms with E-state index in [-0.39, 0.29) is 5.69 Å². The van der Waals surface area contributed by atoms with Crippen LogP contribution in [-0.2, 0) is 13.1 Å². The second kappa shape index (κ2) is 4.02. The summed E-state index contributed by atoms with van der Waals surface area (Å²) >= 11 is 0. The molecule has 82 valence electrons. The highest BCUT2D eigenvalue weighted by Gasteiger charge is 2.21. The van der Waals surface area contributed by atoms with E-state index < -0.39 is 5.97 Å². The molecule has 0 saturated heterocycles. The Balaban J connectivity index is 2.06. The molecule has 1 heterocycles. The van der Waals surface area contributed by atoms with Crippen molar-refractivity contribution in [2.75, 3.05) is 0 Å². The van der Waals surface area contributed by atoms with Gasteiger partial charge < -0.3 is 10.4 Å². The SMILES string of the molecule is CCn1nc(CNC2CC2)cc1C(=O)O. The summed E-state index contributed by atoms with van der Waals surface area (Å²) in [6, 6.07) is 2.26. The molecule has 1 fully saturated rings. The van der Waals surface area contributed by atoms with Crippen LogP contribution in [0.1, 0.15) is 35.9 Å². The number of hydrogen-bond donors (Lipinski definition) is 2. The van der Waals surface area contributed by atoms with Crippen LogP contribution in [0.5, 0.6) is 0 Å². The molecular formula is C10H15N3O2. The second-order valence-electron chi connectivity index (χ2n) is 3.80. The quantitative estimate of drug-likeness (QED) is 0.754. The lowest BCUT2D eigenvalue weighted by molar-refractivity contribution is 0.0683.